The number of nitrogens with zero attached hydrogens (tertiary/aromatic N) is 2. The van der Waals surface area contributed by atoms with Gasteiger partial charge in [-0.05, 0) is 18.2 Å². The number of methoxy groups -OCH3 is 1. The molecule has 0 aliphatic carbocycles. The number of amides is 1. The van der Waals surface area contributed by atoms with E-state index in [4.69, 9.17) is 4.74 Å². The molecular formula is C15H23N3O7S2. The molecule has 27 heavy (non-hydrogen) atoms. The molecule has 1 aromatic carbocycles. The molecule has 1 aliphatic heterocycles. The summed E-state index contributed by atoms with van der Waals surface area (Å²) in [5.41, 5.74) is 0.157. The highest BCUT2D eigenvalue weighted by Gasteiger charge is 2.46. The minimum Gasteiger partial charge on any atom is -0.495 e. The van der Waals surface area contributed by atoms with Crippen LogP contribution in [0.4, 0.5) is 5.69 Å². The highest BCUT2D eigenvalue weighted by atomic mass is 32.2. The zero-order chi connectivity index (χ0) is 20.6. The fourth-order valence-corrected chi connectivity index (χ4v) is 6.54. The normalized spacial score (nSPS) is 22.2. The molecule has 0 saturated carbocycles. The van der Waals surface area contributed by atoms with E-state index in [-0.39, 0.29) is 16.3 Å². The van der Waals surface area contributed by atoms with E-state index >= 15 is 0 Å². The Hall–Kier alpha value is -1.73. The number of sulfonamides is 1. The maximum atomic E-state index is 13.2. The van der Waals surface area contributed by atoms with Gasteiger partial charge in [-0.2, -0.15) is 0 Å². The van der Waals surface area contributed by atoms with Crippen molar-refractivity contribution in [2.24, 2.45) is 0 Å². The van der Waals surface area contributed by atoms with Gasteiger partial charge in [-0.15, -0.1) is 4.41 Å². The van der Waals surface area contributed by atoms with Gasteiger partial charge in [-0.1, -0.05) is 0 Å². The Morgan fingerprint density at radius 3 is 2.37 bits per heavy atom. The summed E-state index contributed by atoms with van der Waals surface area (Å²) in [6, 6.07) is 2.74. The van der Waals surface area contributed by atoms with Crippen LogP contribution in [0.25, 0.3) is 0 Å². The molecule has 1 saturated heterocycles. The number of hydrogen-bond acceptors (Lipinski definition) is 8. The van der Waals surface area contributed by atoms with Gasteiger partial charge < -0.3 is 15.2 Å². The molecule has 0 radical (unpaired) electrons. The van der Waals surface area contributed by atoms with Crippen molar-refractivity contribution in [3.8, 4) is 5.75 Å². The zero-order valence-corrected chi connectivity index (χ0v) is 17.0. The summed E-state index contributed by atoms with van der Waals surface area (Å²) in [5.74, 6) is -1.13. The maximum absolute atomic E-state index is 13.2. The van der Waals surface area contributed by atoms with Crippen LogP contribution in [0, 0.1) is 0 Å². The number of sulfone groups is 1. The smallest absolute Gasteiger partial charge is 0.256 e. The third kappa shape index (κ3) is 4.58. The number of hydrogen-bond donors (Lipinski definition) is 2. The Morgan fingerprint density at radius 1 is 1.30 bits per heavy atom. The number of aliphatic hydroxyl groups excluding tert-OH is 1. The average molecular weight is 421 g/mol. The lowest BCUT2D eigenvalue weighted by molar-refractivity contribution is -0.114. The number of benzene rings is 1. The minimum atomic E-state index is -4.22. The largest absolute Gasteiger partial charge is 0.495 e. The van der Waals surface area contributed by atoms with Crippen molar-refractivity contribution in [3.05, 3.63) is 18.2 Å². The molecule has 1 aromatic rings. The van der Waals surface area contributed by atoms with Crippen LogP contribution in [0.1, 0.15) is 6.92 Å². The minimum absolute atomic E-state index is 0.157. The Labute approximate surface area is 158 Å². The summed E-state index contributed by atoms with van der Waals surface area (Å²) in [4.78, 5) is 11.2. The van der Waals surface area contributed by atoms with E-state index in [2.05, 4.69) is 5.32 Å². The number of aliphatic hydroxyl groups is 1. The second kappa shape index (κ2) is 7.72. The highest BCUT2D eigenvalue weighted by molar-refractivity contribution is 7.92. The van der Waals surface area contributed by atoms with E-state index in [0.717, 1.165) is 4.41 Å². The van der Waals surface area contributed by atoms with E-state index in [1.165, 1.54) is 51.3 Å². The van der Waals surface area contributed by atoms with Gasteiger partial charge >= 0.3 is 0 Å². The van der Waals surface area contributed by atoms with Gasteiger partial charge in [0, 0.05) is 21.0 Å². The fraction of sp³-hybridized carbons (Fsp3) is 0.533. The summed E-state index contributed by atoms with van der Waals surface area (Å²) in [7, 11) is -3.53. The van der Waals surface area contributed by atoms with Crippen molar-refractivity contribution < 1.29 is 31.5 Å². The molecule has 1 heterocycles. The summed E-state index contributed by atoms with van der Waals surface area (Å²) < 4.78 is 56.0. The Balaban J connectivity index is 2.52. The SMILES string of the molecule is COc1ccc(S(=O)(=O)N([C@H]2CS(=O)(=O)C[C@@H]2O)N(C)C)cc1NC(C)=O. The zero-order valence-electron chi connectivity index (χ0n) is 15.4. The molecule has 0 aromatic heterocycles. The van der Waals surface area contributed by atoms with Crippen LogP contribution < -0.4 is 10.1 Å². The lowest BCUT2D eigenvalue weighted by Crippen LogP contribution is -2.53. The second-order valence-corrected chi connectivity index (χ2v) is 10.3. The first-order valence-electron chi connectivity index (χ1n) is 7.95. The van der Waals surface area contributed by atoms with Crippen LogP contribution >= 0.6 is 0 Å². The van der Waals surface area contributed by atoms with Crippen molar-refractivity contribution in [3.63, 3.8) is 0 Å². The van der Waals surface area contributed by atoms with Crippen molar-refractivity contribution in [2.75, 3.05) is 38.0 Å². The Kier molecular flexibility index (Phi) is 6.16. The molecule has 152 valence electrons. The first-order chi connectivity index (χ1) is 12.4. The number of carbonyl (C=O) groups excluding carboxylic acids is 1. The predicted molar refractivity (Wildman–Crippen MR) is 98.5 cm³/mol. The molecule has 2 atom stereocenters. The molecule has 12 heteroatoms. The molecular weight excluding hydrogens is 398 g/mol. The van der Waals surface area contributed by atoms with Gasteiger partial charge in [0.25, 0.3) is 10.0 Å². The van der Waals surface area contributed by atoms with Crippen LogP contribution in [-0.4, -0.2) is 82.1 Å². The highest BCUT2D eigenvalue weighted by Crippen LogP contribution is 2.31. The van der Waals surface area contributed by atoms with Gasteiger partial charge in [0.05, 0.1) is 41.3 Å². The van der Waals surface area contributed by atoms with Crippen molar-refractivity contribution >= 4 is 31.5 Å². The number of ether oxygens (including phenoxy) is 1. The van der Waals surface area contributed by atoms with Gasteiger partial charge in [0.1, 0.15) is 5.75 Å². The standard InChI is InChI=1S/C15H23N3O7S2/c1-10(19)16-12-7-11(5-6-15(12)25-4)27(23,24)18(17(2)3)13-8-26(21,22)9-14(13)20/h5-7,13-14,20H,8-9H2,1-4H3,(H,16,19)/t13-,14-/m0/s1. The summed E-state index contributed by atoms with van der Waals surface area (Å²) >= 11 is 0. The lowest BCUT2D eigenvalue weighted by Gasteiger charge is -2.34. The Morgan fingerprint density at radius 2 is 1.93 bits per heavy atom. The monoisotopic (exact) mass is 421 g/mol. The molecule has 0 spiro atoms. The molecule has 10 nitrogen and oxygen atoms in total. The first kappa shape index (κ1) is 21.6. The number of hydrazine groups is 1. The molecule has 1 amide bonds. The van der Waals surface area contributed by atoms with Crippen LogP contribution in [0.2, 0.25) is 0 Å². The number of anilines is 1. The number of rotatable bonds is 6. The summed E-state index contributed by atoms with van der Waals surface area (Å²) in [6.45, 7) is 1.27. The van der Waals surface area contributed by atoms with Crippen LogP contribution in [0.3, 0.4) is 0 Å². The van der Waals surface area contributed by atoms with Gasteiger partial charge in [-0.3, -0.25) is 4.79 Å². The molecule has 1 aliphatic rings. The number of carbonyl (C=O) groups is 1. The van der Waals surface area contributed by atoms with Crippen LogP contribution in [0.15, 0.2) is 23.1 Å². The van der Waals surface area contributed by atoms with E-state index in [0.29, 0.717) is 0 Å². The maximum Gasteiger partial charge on any atom is 0.256 e. The molecule has 0 bridgehead atoms. The summed E-state index contributed by atoms with van der Waals surface area (Å²) in [5, 5.41) is 13.8. The van der Waals surface area contributed by atoms with E-state index < -0.39 is 49.4 Å². The molecule has 2 N–H and O–H groups in total. The topological polar surface area (TPSA) is 133 Å². The lowest BCUT2D eigenvalue weighted by atomic mass is 10.2. The van der Waals surface area contributed by atoms with Crippen molar-refractivity contribution in [1.82, 2.24) is 9.42 Å². The molecule has 0 unspecified atom stereocenters. The Bertz CT molecular complexity index is 929. The quantitative estimate of drug-likeness (QED) is 0.575. The van der Waals surface area contributed by atoms with E-state index in [9.17, 15) is 26.7 Å². The third-order valence-electron chi connectivity index (χ3n) is 4.00. The molecule has 2 rings (SSSR count). The predicted octanol–water partition coefficient (Wildman–Crippen LogP) is -0.721. The average Bonchev–Trinajstić information content (AvgIpc) is 2.78. The van der Waals surface area contributed by atoms with Gasteiger partial charge in [0.2, 0.25) is 5.91 Å². The van der Waals surface area contributed by atoms with Crippen molar-refractivity contribution in [2.45, 2.75) is 24.0 Å². The van der Waals surface area contributed by atoms with Crippen LogP contribution in [0.5, 0.6) is 5.75 Å². The van der Waals surface area contributed by atoms with Gasteiger partial charge in [-0.25, -0.2) is 21.8 Å². The second-order valence-electron chi connectivity index (χ2n) is 6.38. The van der Waals surface area contributed by atoms with Crippen molar-refractivity contribution in [1.29, 1.82) is 0 Å². The van der Waals surface area contributed by atoms with Crippen LogP contribution in [-0.2, 0) is 24.7 Å². The van der Waals surface area contributed by atoms with E-state index in [1.54, 1.807) is 0 Å². The first-order valence-corrected chi connectivity index (χ1v) is 11.2. The summed E-state index contributed by atoms with van der Waals surface area (Å²) in [6.07, 6.45) is -1.35. The van der Waals surface area contributed by atoms with Gasteiger partial charge in [0.15, 0.2) is 9.84 Å². The third-order valence-corrected chi connectivity index (χ3v) is 7.64. The molecule has 1 fully saturated rings. The number of nitrogens with one attached hydrogen (secondary N) is 1. The fourth-order valence-electron chi connectivity index (χ4n) is 2.95. The van der Waals surface area contributed by atoms with E-state index in [1.807, 2.05) is 0 Å².